The van der Waals surface area contributed by atoms with Gasteiger partial charge in [-0.2, -0.15) is 13.2 Å². The lowest BCUT2D eigenvalue weighted by molar-refractivity contribution is -0.138. The zero-order valence-electron chi connectivity index (χ0n) is 18.7. The number of aliphatic carboxylic acids is 1. The van der Waals surface area contributed by atoms with Crippen molar-refractivity contribution in [1.82, 2.24) is 4.98 Å². The van der Waals surface area contributed by atoms with Crippen LogP contribution in [0.3, 0.4) is 0 Å². The summed E-state index contributed by atoms with van der Waals surface area (Å²) in [4.78, 5) is 15.4. The molecule has 1 unspecified atom stereocenters. The number of ether oxygens (including phenoxy) is 2. The topological polar surface area (TPSA) is 68.7 Å². The molecule has 1 N–H and O–H groups in total. The normalized spacial score (nSPS) is 12.5. The van der Waals surface area contributed by atoms with Gasteiger partial charge in [0.05, 0.1) is 19.1 Å². The number of carboxylic acid groups (broad SMARTS) is 1. The Morgan fingerprint density at radius 2 is 1.71 bits per heavy atom. The quantitative estimate of drug-likeness (QED) is 0.363. The van der Waals surface area contributed by atoms with Gasteiger partial charge in [-0.1, -0.05) is 37.3 Å². The summed E-state index contributed by atoms with van der Waals surface area (Å²) < 4.78 is 49.2. The maximum absolute atomic E-state index is 12.7. The number of carbonyl (C=O) groups is 1. The van der Waals surface area contributed by atoms with E-state index in [1.54, 1.807) is 42.6 Å². The minimum Gasteiger partial charge on any atom is -0.493 e. The molecule has 0 amide bonds. The van der Waals surface area contributed by atoms with Gasteiger partial charge in [0, 0.05) is 12.3 Å². The first kappa shape index (κ1) is 24.8. The van der Waals surface area contributed by atoms with Crippen molar-refractivity contribution in [1.29, 1.82) is 0 Å². The summed E-state index contributed by atoms with van der Waals surface area (Å²) in [6.45, 7) is 1.93. The molecule has 5 nitrogen and oxygen atoms in total. The van der Waals surface area contributed by atoms with E-state index in [1.807, 2.05) is 13.0 Å². The van der Waals surface area contributed by atoms with Crippen LogP contribution in [0.4, 0.5) is 13.2 Å². The van der Waals surface area contributed by atoms with E-state index >= 15 is 0 Å². The molecule has 3 aromatic rings. The Balaban J connectivity index is 1.69. The molecule has 0 radical (unpaired) electrons. The number of rotatable bonds is 9. The summed E-state index contributed by atoms with van der Waals surface area (Å²) in [5, 5.41) is 9.11. The van der Waals surface area contributed by atoms with Gasteiger partial charge in [-0.25, -0.2) is 4.98 Å². The van der Waals surface area contributed by atoms with Crippen molar-refractivity contribution in [2.45, 2.75) is 31.9 Å². The summed E-state index contributed by atoms with van der Waals surface area (Å²) in [6.07, 6.45) is 1.36. The molecule has 0 saturated carbocycles. The van der Waals surface area contributed by atoms with Crippen LogP contribution < -0.4 is 9.47 Å². The van der Waals surface area contributed by atoms with Crippen molar-refractivity contribution in [2.75, 3.05) is 7.11 Å². The average Bonchev–Trinajstić information content (AvgIpc) is 2.82. The summed E-state index contributed by atoms with van der Waals surface area (Å²) >= 11 is 0. The number of pyridine rings is 1. The predicted octanol–water partition coefficient (Wildman–Crippen LogP) is 7.04. The second kappa shape index (κ2) is 10.9. The first-order valence-electron chi connectivity index (χ1n) is 10.6. The number of halogens is 3. The molecule has 0 saturated heterocycles. The van der Waals surface area contributed by atoms with Crippen LogP contribution >= 0.6 is 0 Å². The average molecular weight is 471 g/mol. The number of alkyl halides is 3. The molecule has 1 aromatic heterocycles. The molecule has 2 aromatic carbocycles. The fraction of sp³-hybridized carbons (Fsp3) is 0.231. The van der Waals surface area contributed by atoms with Crippen molar-refractivity contribution in [2.24, 2.45) is 0 Å². The van der Waals surface area contributed by atoms with Gasteiger partial charge in [0.2, 0.25) is 5.88 Å². The molecule has 0 bridgehead atoms. The highest BCUT2D eigenvalue weighted by atomic mass is 19.4. The van der Waals surface area contributed by atoms with Crippen molar-refractivity contribution in [3.05, 3.63) is 83.0 Å². The molecule has 0 fully saturated rings. The fourth-order valence-corrected chi connectivity index (χ4v) is 3.37. The highest BCUT2D eigenvalue weighted by molar-refractivity contribution is 5.69. The van der Waals surface area contributed by atoms with E-state index in [1.165, 1.54) is 19.2 Å². The van der Waals surface area contributed by atoms with Gasteiger partial charge in [-0.05, 0) is 59.4 Å². The largest absolute Gasteiger partial charge is 0.493 e. The number of carboxylic acids is 1. The molecule has 0 aliphatic rings. The number of aromatic nitrogens is 1. The minimum absolute atomic E-state index is 0.0306. The zero-order valence-corrected chi connectivity index (χ0v) is 18.7. The van der Waals surface area contributed by atoms with Crippen LogP contribution in [0.1, 0.15) is 47.9 Å². The van der Waals surface area contributed by atoms with E-state index in [0.29, 0.717) is 29.4 Å². The van der Waals surface area contributed by atoms with Crippen LogP contribution in [0, 0.1) is 0 Å². The number of benzene rings is 2. The molecule has 1 heterocycles. The SMILES string of the molecule is CCC(CC(=O)O)c1ccc(Oc2ccc(/C=C/c3ccc(C(F)(F)F)cc3)cn2)c(OC)c1. The smallest absolute Gasteiger partial charge is 0.416 e. The summed E-state index contributed by atoms with van der Waals surface area (Å²) in [7, 11) is 1.51. The number of methoxy groups -OCH3 is 1. The first-order valence-corrected chi connectivity index (χ1v) is 10.6. The highest BCUT2D eigenvalue weighted by Gasteiger charge is 2.29. The molecule has 34 heavy (non-hydrogen) atoms. The molecular formula is C26H24F3NO4. The summed E-state index contributed by atoms with van der Waals surface area (Å²) in [6, 6.07) is 13.6. The van der Waals surface area contributed by atoms with Crippen LogP contribution in [0.2, 0.25) is 0 Å². The van der Waals surface area contributed by atoms with Crippen LogP contribution in [0.25, 0.3) is 12.2 Å². The van der Waals surface area contributed by atoms with Crippen LogP contribution in [0.15, 0.2) is 60.8 Å². The molecule has 0 aliphatic carbocycles. The molecule has 3 rings (SSSR count). The van der Waals surface area contributed by atoms with Crippen LogP contribution in [-0.4, -0.2) is 23.2 Å². The van der Waals surface area contributed by atoms with Crippen molar-refractivity contribution < 1.29 is 32.5 Å². The minimum atomic E-state index is -4.36. The Hall–Kier alpha value is -3.81. The third-order valence-electron chi connectivity index (χ3n) is 5.25. The molecular weight excluding hydrogens is 447 g/mol. The Bertz CT molecular complexity index is 1140. The maximum atomic E-state index is 12.7. The van der Waals surface area contributed by atoms with Crippen LogP contribution in [-0.2, 0) is 11.0 Å². The van der Waals surface area contributed by atoms with Crippen molar-refractivity contribution >= 4 is 18.1 Å². The van der Waals surface area contributed by atoms with E-state index in [2.05, 4.69) is 4.98 Å². The van der Waals surface area contributed by atoms with Gasteiger partial charge in [0.15, 0.2) is 11.5 Å². The molecule has 8 heteroatoms. The maximum Gasteiger partial charge on any atom is 0.416 e. The van der Waals surface area contributed by atoms with E-state index in [-0.39, 0.29) is 12.3 Å². The zero-order chi connectivity index (χ0) is 24.7. The Morgan fingerprint density at radius 1 is 1.03 bits per heavy atom. The third-order valence-corrected chi connectivity index (χ3v) is 5.25. The molecule has 1 atom stereocenters. The lowest BCUT2D eigenvalue weighted by Gasteiger charge is -2.16. The Labute approximate surface area is 195 Å². The van der Waals surface area contributed by atoms with Gasteiger partial charge in [0.1, 0.15) is 0 Å². The van der Waals surface area contributed by atoms with Gasteiger partial charge in [-0.3, -0.25) is 4.79 Å². The molecule has 0 aliphatic heterocycles. The lowest BCUT2D eigenvalue weighted by atomic mass is 9.93. The van der Waals surface area contributed by atoms with Gasteiger partial charge in [-0.15, -0.1) is 0 Å². The third kappa shape index (κ3) is 6.60. The molecule has 0 spiro atoms. The van der Waals surface area contributed by atoms with Gasteiger partial charge < -0.3 is 14.6 Å². The number of nitrogens with zero attached hydrogens (tertiary/aromatic N) is 1. The van der Waals surface area contributed by atoms with E-state index in [0.717, 1.165) is 23.3 Å². The van der Waals surface area contributed by atoms with E-state index in [4.69, 9.17) is 14.6 Å². The second-order valence-corrected chi connectivity index (χ2v) is 7.60. The first-order chi connectivity index (χ1) is 16.2. The van der Waals surface area contributed by atoms with E-state index in [9.17, 15) is 18.0 Å². The summed E-state index contributed by atoms with van der Waals surface area (Å²) in [5.74, 6) is 0.249. The van der Waals surface area contributed by atoms with E-state index < -0.39 is 17.7 Å². The predicted molar refractivity (Wildman–Crippen MR) is 123 cm³/mol. The van der Waals surface area contributed by atoms with Gasteiger partial charge in [0.25, 0.3) is 0 Å². The van der Waals surface area contributed by atoms with Crippen molar-refractivity contribution in [3.63, 3.8) is 0 Å². The monoisotopic (exact) mass is 471 g/mol. The van der Waals surface area contributed by atoms with Gasteiger partial charge >= 0.3 is 12.1 Å². The second-order valence-electron chi connectivity index (χ2n) is 7.60. The molecule has 178 valence electrons. The standard InChI is InChI=1S/C26H24F3NO4/c1-3-19(15-25(31)32)20-9-12-22(23(14-20)33-2)34-24-13-8-18(16-30-24)5-4-17-6-10-21(11-7-17)26(27,28)29/h4-14,16,19H,3,15H2,1-2H3,(H,31,32)/b5-4+. The van der Waals surface area contributed by atoms with Crippen molar-refractivity contribution in [3.8, 4) is 17.4 Å². The number of hydrogen-bond donors (Lipinski definition) is 1. The van der Waals surface area contributed by atoms with Crippen LogP contribution in [0.5, 0.6) is 17.4 Å². The fourth-order valence-electron chi connectivity index (χ4n) is 3.37. The lowest BCUT2D eigenvalue weighted by Crippen LogP contribution is -2.06. The summed E-state index contributed by atoms with van der Waals surface area (Å²) in [5.41, 5.74) is 1.54. The highest BCUT2D eigenvalue weighted by Crippen LogP contribution is 2.35. The Morgan fingerprint density at radius 3 is 2.26 bits per heavy atom. The number of hydrogen-bond acceptors (Lipinski definition) is 4. The Kier molecular flexibility index (Phi) is 7.94.